The smallest absolute Gasteiger partial charge is 0.0670 e. The van der Waals surface area contributed by atoms with Crippen LogP contribution < -0.4 is 10.6 Å². The maximum atomic E-state index is 8.81. The molecular weight excluding hydrogens is 270 g/mol. The highest BCUT2D eigenvalue weighted by Gasteiger charge is 2.06. The molecule has 0 unspecified atom stereocenters. The lowest BCUT2D eigenvalue weighted by Crippen LogP contribution is -2.16. The van der Waals surface area contributed by atoms with Crippen LogP contribution in [0.3, 0.4) is 0 Å². The first-order valence-electron chi connectivity index (χ1n) is 6.31. The minimum Gasteiger partial charge on any atom is -0.398 e. The number of benzene rings is 2. The molecule has 0 aliphatic carbocycles. The summed E-state index contributed by atoms with van der Waals surface area (Å²) in [5.74, 6) is 0. The summed E-state index contributed by atoms with van der Waals surface area (Å²) in [6.45, 7) is 0.746. The van der Waals surface area contributed by atoms with Gasteiger partial charge in [0.2, 0.25) is 0 Å². The molecule has 0 saturated carbocycles. The van der Waals surface area contributed by atoms with Crippen LogP contribution in [0.5, 0.6) is 0 Å². The van der Waals surface area contributed by atoms with Crippen LogP contribution in [0.1, 0.15) is 11.1 Å². The van der Waals surface area contributed by atoms with Crippen molar-refractivity contribution in [3.05, 3.63) is 58.6 Å². The zero-order valence-electron chi connectivity index (χ0n) is 11.3. The highest BCUT2D eigenvalue weighted by molar-refractivity contribution is 6.30. The monoisotopic (exact) mass is 285 g/mol. The lowest BCUT2D eigenvalue weighted by molar-refractivity contribution is 0.922. The highest BCUT2D eigenvalue weighted by Crippen LogP contribution is 2.22. The molecule has 0 aliphatic heterocycles. The van der Waals surface area contributed by atoms with Crippen LogP contribution in [0.15, 0.2) is 42.5 Å². The molecule has 0 heterocycles. The van der Waals surface area contributed by atoms with Gasteiger partial charge in [0.15, 0.2) is 0 Å². The Balaban J connectivity index is 2.19. The lowest BCUT2D eigenvalue weighted by atomic mass is 10.1. The number of nitrogens with zero attached hydrogens (tertiary/aromatic N) is 2. The van der Waals surface area contributed by atoms with Crippen LogP contribution in [0, 0.1) is 11.3 Å². The minimum atomic E-state index is 0.324. The maximum absolute atomic E-state index is 8.81. The fourth-order valence-electron chi connectivity index (χ4n) is 2.07. The summed E-state index contributed by atoms with van der Waals surface area (Å²) >= 11 is 5.99. The summed E-state index contributed by atoms with van der Waals surface area (Å²) in [5, 5.41) is 9.54. The van der Waals surface area contributed by atoms with Gasteiger partial charge >= 0.3 is 0 Å². The average Bonchev–Trinajstić information content (AvgIpc) is 2.41. The molecule has 0 aromatic heterocycles. The lowest BCUT2D eigenvalue weighted by Gasteiger charge is -2.20. The molecule has 0 bridgehead atoms. The van der Waals surface area contributed by atoms with Crippen LogP contribution in [-0.4, -0.2) is 7.05 Å². The summed E-state index contributed by atoms with van der Waals surface area (Å²) < 4.78 is 0. The molecule has 0 atom stereocenters. The summed E-state index contributed by atoms with van der Waals surface area (Å²) in [5.41, 5.74) is 9.55. The van der Waals surface area contributed by atoms with Crippen LogP contribution in [0.4, 0.5) is 11.4 Å². The molecule has 0 amide bonds. The highest BCUT2D eigenvalue weighted by atomic mass is 35.5. The van der Waals surface area contributed by atoms with Gasteiger partial charge in [0, 0.05) is 30.0 Å². The molecular formula is C16H16ClN3. The molecule has 2 rings (SSSR count). The van der Waals surface area contributed by atoms with E-state index in [1.807, 2.05) is 49.5 Å². The Morgan fingerprint density at radius 1 is 1.25 bits per heavy atom. The fourth-order valence-corrected chi connectivity index (χ4v) is 2.28. The summed E-state index contributed by atoms with van der Waals surface area (Å²) in [4.78, 5) is 2.10. The Bertz CT molecular complexity index is 646. The van der Waals surface area contributed by atoms with Crippen molar-refractivity contribution in [2.45, 2.75) is 13.0 Å². The third-order valence-electron chi connectivity index (χ3n) is 3.15. The van der Waals surface area contributed by atoms with Crippen LogP contribution in [0.25, 0.3) is 0 Å². The molecule has 0 spiro atoms. The van der Waals surface area contributed by atoms with E-state index in [1.54, 1.807) is 0 Å². The van der Waals surface area contributed by atoms with Crippen molar-refractivity contribution in [3.63, 3.8) is 0 Å². The van der Waals surface area contributed by atoms with Gasteiger partial charge in [-0.25, -0.2) is 0 Å². The number of nitrogen functional groups attached to an aromatic ring is 1. The molecule has 102 valence electrons. The van der Waals surface area contributed by atoms with Gasteiger partial charge in [0.1, 0.15) is 0 Å². The third-order valence-corrected chi connectivity index (χ3v) is 3.38. The van der Waals surface area contributed by atoms with Crippen LogP contribution in [0.2, 0.25) is 5.02 Å². The number of rotatable bonds is 4. The van der Waals surface area contributed by atoms with Crippen molar-refractivity contribution < 1.29 is 0 Å². The second-order valence-electron chi connectivity index (χ2n) is 4.70. The van der Waals surface area contributed by atoms with Crippen molar-refractivity contribution in [2.24, 2.45) is 0 Å². The Labute approximate surface area is 124 Å². The zero-order valence-corrected chi connectivity index (χ0v) is 12.1. The minimum absolute atomic E-state index is 0.324. The van der Waals surface area contributed by atoms with Gasteiger partial charge < -0.3 is 10.6 Å². The van der Waals surface area contributed by atoms with Gasteiger partial charge in [-0.15, -0.1) is 0 Å². The molecule has 0 fully saturated rings. The Kier molecular flexibility index (Phi) is 4.49. The van der Waals surface area contributed by atoms with E-state index in [0.29, 0.717) is 12.1 Å². The van der Waals surface area contributed by atoms with E-state index in [4.69, 9.17) is 22.6 Å². The molecule has 4 heteroatoms. The number of hydrogen-bond donors (Lipinski definition) is 1. The van der Waals surface area contributed by atoms with E-state index in [-0.39, 0.29) is 0 Å². The zero-order chi connectivity index (χ0) is 14.5. The standard InChI is InChI=1S/C16H16ClN3/c1-20(11-12-3-2-4-14(17)9-12)15-5-6-16(19)13(10-15)7-8-18/h2-6,9-10H,7,11,19H2,1H3. The summed E-state index contributed by atoms with van der Waals surface area (Å²) in [6, 6.07) is 15.7. The molecule has 0 radical (unpaired) electrons. The maximum Gasteiger partial charge on any atom is 0.0670 e. The predicted molar refractivity (Wildman–Crippen MR) is 83.7 cm³/mol. The van der Waals surface area contributed by atoms with E-state index in [0.717, 1.165) is 28.4 Å². The van der Waals surface area contributed by atoms with Crippen molar-refractivity contribution in [3.8, 4) is 6.07 Å². The van der Waals surface area contributed by atoms with Gasteiger partial charge in [-0.2, -0.15) is 5.26 Å². The van der Waals surface area contributed by atoms with Gasteiger partial charge in [0.05, 0.1) is 12.5 Å². The quantitative estimate of drug-likeness (QED) is 0.873. The van der Waals surface area contributed by atoms with Gasteiger partial charge in [-0.1, -0.05) is 23.7 Å². The van der Waals surface area contributed by atoms with Crippen LogP contribution >= 0.6 is 11.6 Å². The molecule has 0 aliphatic rings. The molecule has 3 nitrogen and oxygen atoms in total. The normalized spacial score (nSPS) is 10.1. The fraction of sp³-hybridized carbons (Fsp3) is 0.188. The number of hydrogen-bond acceptors (Lipinski definition) is 3. The SMILES string of the molecule is CN(Cc1cccc(Cl)c1)c1ccc(N)c(CC#N)c1. The van der Waals surface area contributed by atoms with Crippen molar-refractivity contribution in [2.75, 3.05) is 17.7 Å². The first-order valence-corrected chi connectivity index (χ1v) is 6.69. The van der Waals surface area contributed by atoms with E-state index in [1.165, 1.54) is 0 Å². The van der Waals surface area contributed by atoms with Crippen LogP contribution in [-0.2, 0) is 13.0 Å². The first kappa shape index (κ1) is 14.2. The van der Waals surface area contributed by atoms with Crippen molar-refractivity contribution >= 4 is 23.0 Å². The molecule has 0 saturated heterocycles. The summed E-state index contributed by atoms with van der Waals surface area (Å²) in [7, 11) is 2.00. The number of halogens is 1. The number of nitriles is 1. The molecule has 20 heavy (non-hydrogen) atoms. The van der Waals surface area contributed by atoms with E-state index < -0.39 is 0 Å². The second kappa shape index (κ2) is 6.31. The van der Waals surface area contributed by atoms with Crippen molar-refractivity contribution in [1.29, 1.82) is 5.26 Å². The third kappa shape index (κ3) is 3.43. The topological polar surface area (TPSA) is 53.0 Å². The number of nitrogens with two attached hydrogens (primary N) is 1. The van der Waals surface area contributed by atoms with Crippen molar-refractivity contribution in [1.82, 2.24) is 0 Å². The number of anilines is 2. The van der Waals surface area contributed by atoms with Gasteiger partial charge in [-0.3, -0.25) is 0 Å². The largest absolute Gasteiger partial charge is 0.398 e. The average molecular weight is 286 g/mol. The van der Waals surface area contributed by atoms with Gasteiger partial charge in [0.25, 0.3) is 0 Å². The molecule has 2 N–H and O–H groups in total. The molecule has 2 aromatic carbocycles. The summed E-state index contributed by atoms with van der Waals surface area (Å²) in [6.07, 6.45) is 0.324. The first-order chi connectivity index (χ1) is 9.60. The Morgan fingerprint density at radius 2 is 2.05 bits per heavy atom. The second-order valence-corrected chi connectivity index (χ2v) is 5.14. The van der Waals surface area contributed by atoms with E-state index in [2.05, 4.69) is 11.0 Å². The Hall–Kier alpha value is -2.18. The van der Waals surface area contributed by atoms with E-state index >= 15 is 0 Å². The Morgan fingerprint density at radius 3 is 2.75 bits per heavy atom. The predicted octanol–water partition coefficient (Wildman–Crippen LogP) is 3.62. The molecule has 2 aromatic rings. The van der Waals surface area contributed by atoms with E-state index in [9.17, 15) is 0 Å². The van der Waals surface area contributed by atoms with Gasteiger partial charge in [-0.05, 0) is 41.5 Å².